The van der Waals surface area contributed by atoms with Crippen LogP contribution >= 0.6 is 11.6 Å². The van der Waals surface area contributed by atoms with Gasteiger partial charge >= 0.3 is 0 Å². The van der Waals surface area contributed by atoms with Crippen LogP contribution in [0.25, 0.3) is 0 Å². The Balaban J connectivity index is 1.44. The Bertz CT molecular complexity index is 1160. The Kier molecular flexibility index (Phi) is 6.05. The van der Waals surface area contributed by atoms with Crippen LogP contribution in [0.4, 0.5) is 5.69 Å². The molecular weight excluding hydrogens is 472 g/mol. The second kappa shape index (κ2) is 8.76. The van der Waals surface area contributed by atoms with Gasteiger partial charge in [0.05, 0.1) is 22.7 Å². The highest BCUT2D eigenvalue weighted by atomic mass is 35.5. The zero-order valence-corrected chi connectivity index (χ0v) is 21.2. The molecule has 34 heavy (non-hydrogen) atoms. The van der Waals surface area contributed by atoms with E-state index < -0.39 is 10.0 Å². The smallest absolute Gasteiger partial charge is 0.264 e. The summed E-state index contributed by atoms with van der Waals surface area (Å²) in [6.45, 7) is 1.59. The van der Waals surface area contributed by atoms with Gasteiger partial charge in [-0.2, -0.15) is 0 Å². The Hall–Kier alpha value is -2.25. The molecule has 6 rings (SSSR count). The molecule has 182 valence electrons. The van der Waals surface area contributed by atoms with Crippen LogP contribution in [0.5, 0.6) is 5.75 Å². The van der Waals surface area contributed by atoms with Gasteiger partial charge in [-0.05, 0) is 93.5 Å². The predicted octanol–water partition coefficient (Wildman–Crippen LogP) is 4.94. The van der Waals surface area contributed by atoms with E-state index in [0.29, 0.717) is 29.2 Å². The number of amides is 1. The average molecular weight is 503 g/mol. The first-order chi connectivity index (χ1) is 16.2. The fraction of sp³-hybridized carbons (Fsp3) is 0.500. The first-order valence-electron chi connectivity index (χ1n) is 11.9. The van der Waals surface area contributed by atoms with Gasteiger partial charge in [0.2, 0.25) is 5.91 Å². The van der Waals surface area contributed by atoms with Gasteiger partial charge in [-0.1, -0.05) is 29.3 Å². The summed E-state index contributed by atoms with van der Waals surface area (Å²) in [5.74, 6) is 2.21. The number of methoxy groups -OCH3 is 1. The predicted molar refractivity (Wildman–Crippen MR) is 133 cm³/mol. The minimum Gasteiger partial charge on any atom is -0.495 e. The highest BCUT2D eigenvalue weighted by Gasteiger charge is 2.51. The van der Waals surface area contributed by atoms with Crippen LogP contribution in [-0.2, 0) is 14.8 Å². The third kappa shape index (κ3) is 4.40. The highest BCUT2D eigenvalue weighted by Crippen LogP contribution is 2.55. The van der Waals surface area contributed by atoms with Crippen molar-refractivity contribution in [1.29, 1.82) is 0 Å². The van der Waals surface area contributed by atoms with Crippen LogP contribution in [0.3, 0.4) is 0 Å². The minimum atomic E-state index is -4.00. The van der Waals surface area contributed by atoms with Crippen molar-refractivity contribution in [2.24, 2.45) is 17.8 Å². The molecule has 0 aliphatic heterocycles. The fourth-order valence-corrected chi connectivity index (χ4v) is 8.36. The van der Waals surface area contributed by atoms with Crippen molar-refractivity contribution >= 4 is 33.2 Å². The highest BCUT2D eigenvalue weighted by molar-refractivity contribution is 7.92. The fourth-order valence-electron chi connectivity index (χ4n) is 6.69. The van der Waals surface area contributed by atoms with E-state index in [1.807, 2.05) is 6.92 Å². The molecule has 0 saturated heterocycles. The maximum Gasteiger partial charge on any atom is 0.264 e. The van der Waals surface area contributed by atoms with Crippen molar-refractivity contribution in [3.63, 3.8) is 0 Å². The number of halogens is 1. The molecule has 2 aromatic rings. The van der Waals surface area contributed by atoms with Gasteiger partial charge < -0.3 is 10.1 Å². The molecule has 4 aliphatic rings. The lowest BCUT2D eigenvalue weighted by Crippen LogP contribution is -2.61. The molecule has 0 unspecified atom stereocenters. The molecule has 4 bridgehead atoms. The van der Waals surface area contributed by atoms with Crippen molar-refractivity contribution < 1.29 is 17.9 Å². The van der Waals surface area contributed by atoms with Gasteiger partial charge in [-0.25, -0.2) is 8.42 Å². The first-order valence-corrected chi connectivity index (χ1v) is 13.7. The molecule has 4 aliphatic carbocycles. The molecule has 8 heteroatoms. The Morgan fingerprint density at radius 1 is 1.06 bits per heavy atom. The normalized spacial score (nSPS) is 27.4. The van der Waals surface area contributed by atoms with Crippen LogP contribution in [0, 0.1) is 24.7 Å². The van der Waals surface area contributed by atoms with Crippen molar-refractivity contribution in [3.05, 3.63) is 53.1 Å². The maximum absolute atomic E-state index is 13.7. The lowest BCUT2D eigenvalue weighted by molar-refractivity contribution is -0.125. The minimum absolute atomic E-state index is 0.132. The molecule has 2 aromatic carbocycles. The number of carbonyl (C=O) groups is 1. The molecule has 0 heterocycles. The van der Waals surface area contributed by atoms with E-state index in [9.17, 15) is 13.2 Å². The number of anilines is 1. The van der Waals surface area contributed by atoms with E-state index >= 15 is 0 Å². The van der Waals surface area contributed by atoms with Crippen molar-refractivity contribution in [1.82, 2.24) is 5.32 Å². The molecule has 0 aromatic heterocycles. The molecule has 4 saturated carbocycles. The van der Waals surface area contributed by atoms with Gasteiger partial charge in [0.1, 0.15) is 12.3 Å². The summed E-state index contributed by atoms with van der Waals surface area (Å²) < 4.78 is 33.7. The summed E-state index contributed by atoms with van der Waals surface area (Å²) in [5.41, 5.74) is 1.09. The van der Waals surface area contributed by atoms with Crippen molar-refractivity contribution in [3.8, 4) is 5.75 Å². The topological polar surface area (TPSA) is 75.7 Å². The number of sulfonamides is 1. The van der Waals surface area contributed by atoms with Crippen molar-refractivity contribution in [2.45, 2.75) is 55.9 Å². The largest absolute Gasteiger partial charge is 0.495 e. The Morgan fingerprint density at radius 2 is 1.65 bits per heavy atom. The number of benzene rings is 2. The summed E-state index contributed by atoms with van der Waals surface area (Å²) >= 11 is 6.32. The van der Waals surface area contributed by atoms with Crippen molar-refractivity contribution in [2.75, 3.05) is 18.0 Å². The van der Waals surface area contributed by atoms with Crippen LogP contribution in [0.15, 0.2) is 47.4 Å². The number of hydrogen-bond acceptors (Lipinski definition) is 4. The van der Waals surface area contributed by atoms with Gasteiger partial charge in [-0.15, -0.1) is 0 Å². The average Bonchev–Trinajstić information content (AvgIpc) is 2.76. The van der Waals surface area contributed by atoms with Crippen LogP contribution < -0.4 is 14.4 Å². The quantitative estimate of drug-likeness (QED) is 0.582. The number of rotatable bonds is 7. The molecule has 0 spiro atoms. The van der Waals surface area contributed by atoms with Crippen LogP contribution in [0.2, 0.25) is 5.02 Å². The van der Waals surface area contributed by atoms with Gasteiger partial charge in [0, 0.05) is 5.54 Å². The number of ether oxygens (including phenoxy) is 1. The van der Waals surface area contributed by atoms with Gasteiger partial charge in [-0.3, -0.25) is 9.10 Å². The summed E-state index contributed by atoms with van der Waals surface area (Å²) in [6, 6.07) is 11.4. The molecule has 4 fully saturated rings. The lowest BCUT2D eigenvalue weighted by Gasteiger charge is -2.57. The van der Waals surface area contributed by atoms with Crippen LogP contribution in [-0.4, -0.2) is 33.5 Å². The van der Waals surface area contributed by atoms with E-state index in [2.05, 4.69) is 5.32 Å². The van der Waals surface area contributed by atoms with Gasteiger partial charge in [0.25, 0.3) is 10.0 Å². The molecule has 1 amide bonds. The molecule has 6 nitrogen and oxygen atoms in total. The number of hydrogen-bond donors (Lipinski definition) is 1. The van der Waals surface area contributed by atoms with E-state index in [0.717, 1.165) is 29.1 Å². The summed E-state index contributed by atoms with van der Waals surface area (Å²) in [5, 5.41) is 3.57. The zero-order chi connectivity index (χ0) is 24.1. The molecule has 1 N–H and O–H groups in total. The van der Waals surface area contributed by atoms with Crippen LogP contribution in [0.1, 0.15) is 44.1 Å². The SMILES string of the molecule is COc1ccc(N(CC(=O)NC23CC4CC(CC(C4)C2)C3)S(=O)(=O)c2ccc(C)cc2)cc1Cl. The van der Waals surface area contributed by atoms with E-state index in [1.165, 1.54) is 32.4 Å². The van der Waals surface area contributed by atoms with Gasteiger partial charge in [0.15, 0.2) is 0 Å². The Morgan fingerprint density at radius 3 is 2.18 bits per heavy atom. The second-order valence-electron chi connectivity index (χ2n) is 10.4. The maximum atomic E-state index is 13.7. The lowest BCUT2D eigenvalue weighted by atomic mass is 9.53. The Labute approximate surface area is 206 Å². The number of nitrogens with one attached hydrogen (secondary N) is 1. The summed E-state index contributed by atoms with van der Waals surface area (Å²) in [4.78, 5) is 13.5. The molecule has 0 atom stereocenters. The second-order valence-corrected chi connectivity index (χ2v) is 12.7. The number of nitrogens with zero attached hydrogens (tertiary/aromatic N) is 1. The van der Waals surface area contributed by atoms with E-state index in [1.54, 1.807) is 36.4 Å². The first kappa shape index (κ1) is 23.5. The number of carbonyl (C=O) groups excluding carboxylic acids is 1. The zero-order valence-electron chi connectivity index (χ0n) is 19.6. The number of aryl methyl sites for hydroxylation is 1. The molecular formula is C26H31ClN2O4S. The summed E-state index contributed by atoms with van der Waals surface area (Å²) in [6.07, 6.45) is 6.83. The third-order valence-corrected chi connectivity index (χ3v) is 9.85. The standard InChI is InChI=1S/C26H31ClN2O4S/c1-17-3-6-22(7-4-17)34(31,32)29(21-5-8-24(33-2)23(27)12-21)16-25(30)28-26-13-18-9-19(14-26)11-20(10-18)15-26/h3-8,12,18-20H,9-11,13-16H2,1-2H3,(H,28,30). The molecule has 0 radical (unpaired) electrons. The summed E-state index contributed by atoms with van der Waals surface area (Å²) in [7, 11) is -2.49. The monoisotopic (exact) mass is 502 g/mol. The third-order valence-electron chi connectivity index (χ3n) is 7.76. The van der Waals surface area contributed by atoms with E-state index in [-0.39, 0.29) is 27.9 Å². The van der Waals surface area contributed by atoms with E-state index in [4.69, 9.17) is 16.3 Å².